The summed E-state index contributed by atoms with van der Waals surface area (Å²) in [6.45, 7) is 4.91. The van der Waals surface area contributed by atoms with E-state index in [0.29, 0.717) is 6.54 Å². The predicted molar refractivity (Wildman–Crippen MR) is 142 cm³/mol. The van der Waals surface area contributed by atoms with Gasteiger partial charge in [0, 0.05) is 10.2 Å². The molecule has 0 fully saturated rings. The van der Waals surface area contributed by atoms with Gasteiger partial charge in [-0.05, 0) is 48.7 Å². The van der Waals surface area contributed by atoms with E-state index in [1.807, 2.05) is 22.0 Å². The Labute approximate surface area is 212 Å². The second-order valence-corrected chi connectivity index (χ2v) is 10.1. The number of rotatable bonds is 7. The molecule has 2 N–H and O–H groups in total. The third kappa shape index (κ3) is 4.89. The lowest BCUT2D eigenvalue weighted by molar-refractivity contribution is 0.288. The number of aromatic nitrogens is 2. The van der Waals surface area contributed by atoms with Crippen molar-refractivity contribution >= 4 is 33.5 Å². The highest BCUT2D eigenvalue weighted by Gasteiger charge is 2.26. The van der Waals surface area contributed by atoms with Crippen molar-refractivity contribution in [3.8, 4) is 5.69 Å². The van der Waals surface area contributed by atoms with Gasteiger partial charge in [-0.25, -0.2) is 10.2 Å². The highest BCUT2D eigenvalue weighted by Crippen LogP contribution is 2.31. The van der Waals surface area contributed by atoms with Crippen LogP contribution in [0.15, 0.2) is 93.6 Å². The Balaban J connectivity index is 1.50. The molecule has 4 aromatic rings. The first-order valence-corrected chi connectivity index (χ1v) is 12.8. The molecular formula is C26H25BrN6S. The van der Waals surface area contributed by atoms with Crippen molar-refractivity contribution in [2.45, 2.75) is 31.2 Å². The van der Waals surface area contributed by atoms with E-state index in [0.717, 1.165) is 32.3 Å². The molecular weight excluding hydrogens is 508 g/mol. The fraction of sp³-hybridized carbons (Fsp3) is 0.154. The minimum atomic E-state index is 0.663. The Hall–Kier alpha value is -3.07. The number of hydrogen-bond acceptors (Lipinski definition) is 6. The maximum Gasteiger partial charge on any atom is 0.177 e. The zero-order valence-corrected chi connectivity index (χ0v) is 21.4. The third-order valence-corrected chi connectivity index (χ3v) is 7.29. The molecule has 0 spiro atoms. The Kier molecular flexibility index (Phi) is 6.71. The average molecular weight is 533 g/mol. The minimum Gasteiger partial charge on any atom is -0.266 e. The van der Waals surface area contributed by atoms with Crippen LogP contribution in [0.5, 0.6) is 0 Å². The summed E-state index contributed by atoms with van der Waals surface area (Å²) >= 11 is 5.28. The van der Waals surface area contributed by atoms with Gasteiger partial charge >= 0.3 is 0 Å². The zero-order valence-electron chi connectivity index (χ0n) is 19.0. The molecule has 172 valence electrons. The van der Waals surface area contributed by atoms with Crippen molar-refractivity contribution in [3.05, 3.63) is 111 Å². The number of aryl methyl sites for hydroxylation is 2. The summed E-state index contributed by atoms with van der Waals surface area (Å²) in [5, 5.41) is 12.4. The van der Waals surface area contributed by atoms with E-state index in [2.05, 4.69) is 113 Å². The Morgan fingerprint density at radius 1 is 0.941 bits per heavy atom. The lowest BCUT2D eigenvalue weighted by Crippen LogP contribution is -2.40. The van der Waals surface area contributed by atoms with E-state index in [4.69, 9.17) is 5.10 Å². The van der Waals surface area contributed by atoms with Crippen LogP contribution >= 0.6 is 27.7 Å². The van der Waals surface area contributed by atoms with Crippen LogP contribution < -0.4 is 11.1 Å². The lowest BCUT2D eigenvalue weighted by atomic mass is 10.1. The van der Waals surface area contributed by atoms with Crippen LogP contribution in [0.1, 0.15) is 27.8 Å². The van der Waals surface area contributed by atoms with Gasteiger partial charge in [-0.3, -0.25) is 5.01 Å². The molecule has 0 aliphatic carbocycles. The van der Waals surface area contributed by atoms with Crippen molar-refractivity contribution < 1.29 is 0 Å². The normalized spacial score (nSPS) is 13.1. The summed E-state index contributed by atoms with van der Waals surface area (Å²) in [4.78, 5) is 0. The van der Waals surface area contributed by atoms with Gasteiger partial charge in [0.1, 0.15) is 5.03 Å². The Morgan fingerprint density at radius 2 is 1.74 bits per heavy atom. The van der Waals surface area contributed by atoms with E-state index in [1.54, 1.807) is 11.8 Å². The van der Waals surface area contributed by atoms with Gasteiger partial charge < -0.3 is 0 Å². The molecule has 0 amide bonds. The lowest BCUT2D eigenvalue weighted by Gasteiger charge is -2.19. The molecule has 34 heavy (non-hydrogen) atoms. The monoisotopic (exact) mass is 532 g/mol. The highest BCUT2D eigenvalue weighted by atomic mass is 79.9. The van der Waals surface area contributed by atoms with Crippen LogP contribution in [0.25, 0.3) is 5.69 Å². The largest absolute Gasteiger partial charge is 0.266 e. The molecule has 5 rings (SSSR count). The maximum atomic E-state index is 4.81. The first kappa shape index (κ1) is 22.7. The van der Waals surface area contributed by atoms with Gasteiger partial charge in [0.25, 0.3) is 0 Å². The van der Waals surface area contributed by atoms with Crippen LogP contribution in [-0.4, -0.2) is 20.6 Å². The molecule has 0 saturated heterocycles. The Bertz CT molecular complexity index is 1320. The standard InChI is InChI=1S/C26H25BrN6S/c1-18-8-13-24(19(2)14-18)33-26(34-17-21-6-4-3-5-7-21)23(15-28-33)25-29-30-31-32(25)16-20-9-11-22(27)12-10-20/h3-15,30-31H,16-17H2,1-2H3. The van der Waals surface area contributed by atoms with Crippen LogP contribution in [0.3, 0.4) is 0 Å². The molecule has 0 atom stereocenters. The number of hydrazone groups is 1. The van der Waals surface area contributed by atoms with Gasteiger partial charge in [-0.2, -0.15) is 5.10 Å². The predicted octanol–water partition coefficient (Wildman–Crippen LogP) is 5.73. The molecule has 0 radical (unpaired) electrons. The van der Waals surface area contributed by atoms with Crippen LogP contribution in [-0.2, 0) is 12.3 Å². The van der Waals surface area contributed by atoms with E-state index in [9.17, 15) is 0 Å². The number of amidine groups is 1. The number of nitrogens with zero attached hydrogens (tertiary/aromatic N) is 4. The summed E-state index contributed by atoms with van der Waals surface area (Å²) < 4.78 is 3.10. The van der Waals surface area contributed by atoms with E-state index >= 15 is 0 Å². The first-order chi connectivity index (χ1) is 16.6. The number of hydrazine groups is 2. The Morgan fingerprint density at radius 3 is 2.50 bits per heavy atom. The van der Waals surface area contributed by atoms with Crippen molar-refractivity contribution in [2.24, 2.45) is 5.10 Å². The summed E-state index contributed by atoms with van der Waals surface area (Å²) in [6, 6.07) is 25.3. The van der Waals surface area contributed by atoms with Crippen LogP contribution in [0.4, 0.5) is 0 Å². The molecule has 3 aromatic carbocycles. The quantitative estimate of drug-likeness (QED) is 0.297. The fourth-order valence-electron chi connectivity index (χ4n) is 3.91. The van der Waals surface area contributed by atoms with Gasteiger partial charge in [0.15, 0.2) is 5.84 Å². The first-order valence-electron chi connectivity index (χ1n) is 11.0. The summed E-state index contributed by atoms with van der Waals surface area (Å²) in [6.07, 6.45) is 1.91. The number of thioether (sulfide) groups is 1. The smallest absolute Gasteiger partial charge is 0.177 e. The van der Waals surface area contributed by atoms with Crippen LogP contribution in [0.2, 0.25) is 0 Å². The molecule has 1 aliphatic rings. The molecule has 2 heterocycles. The van der Waals surface area contributed by atoms with Crippen molar-refractivity contribution in [3.63, 3.8) is 0 Å². The summed E-state index contributed by atoms with van der Waals surface area (Å²) in [5.41, 5.74) is 13.0. The third-order valence-electron chi connectivity index (χ3n) is 5.62. The average Bonchev–Trinajstić information content (AvgIpc) is 3.46. The van der Waals surface area contributed by atoms with Gasteiger partial charge in [0.2, 0.25) is 0 Å². The van der Waals surface area contributed by atoms with Gasteiger partial charge in [-0.15, -0.1) is 22.4 Å². The molecule has 1 aliphatic heterocycles. The van der Waals surface area contributed by atoms with E-state index in [-0.39, 0.29) is 0 Å². The molecule has 8 heteroatoms. The number of nitrogens with one attached hydrogen (secondary N) is 2. The number of benzene rings is 3. The molecule has 0 unspecified atom stereocenters. The van der Waals surface area contributed by atoms with E-state index < -0.39 is 0 Å². The topological polar surface area (TPSA) is 57.5 Å². The van der Waals surface area contributed by atoms with Gasteiger partial charge in [0.05, 0.1) is 24.0 Å². The zero-order chi connectivity index (χ0) is 23.5. The highest BCUT2D eigenvalue weighted by molar-refractivity contribution is 9.10. The van der Waals surface area contributed by atoms with Crippen molar-refractivity contribution in [1.29, 1.82) is 0 Å². The van der Waals surface area contributed by atoms with Crippen molar-refractivity contribution in [1.82, 2.24) is 25.9 Å². The van der Waals surface area contributed by atoms with E-state index in [1.165, 1.54) is 22.3 Å². The van der Waals surface area contributed by atoms with Gasteiger partial charge in [-0.1, -0.05) is 76.1 Å². The number of halogens is 1. The fourth-order valence-corrected chi connectivity index (χ4v) is 5.24. The SMILES string of the molecule is Cc1ccc(-n2ncc(C3=NNNN3Cc3ccc(Br)cc3)c2SCc2ccccc2)c(C)c1. The molecule has 6 nitrogen and oxygen atoms in total. The summed E-state index contributed by atoms with van der Waals surface area (Å²) in [5.74, 6) is 1.65. The second-order valence-electron chi connectivity index (χ2n) is 8.21. The summed E-state index contributed by atoms with van der Waals surface area (Å²) in [7, 11) is 0. The van der Waals surface area contributed by atoms with Crippen LogP contribution in [0, 0.1) is 13.8 Å². The van der Waals surface area contributed by atoms with Crippen molar-refractivity contribution in [2.75, 3.05) is 0 Å². The number of hydrogen-bond donors (Lipinski definition) is 2. The molecule has 0 bridgehead atoms. The maximum absolute atomic E-state index is 4.81. The molecule has 1 aromatic heterocycles. The second kappa shape index (κ2) is 10.0. The minimum absolute atomic E-state index is 0.663. The molecule has 0 saturated carbocycles.